The summed E-state index contributed by atoms with van der Waals surface area (Å²) in [5.41, 5.74) is 2.83. The van der Waals surface area contributed by atoms with E-state index in [1.54, 1.807) is 6.07 Å². The zero-order chi connectivity index (χ0) is 22.1. The fourth-order valence-electron chi connectivity index (χ4n) is 3.92. The van der Waals surface area contributed by atoms with Crippen molar-refractivity contribution in [2.24, 2.45) is 0 Å². The Morgan fingerprint density at radius 2 is 2.00 bits per heavy atom. The second kappa shape index (κ2) is 8.61. The summed E-state index contributed by atoms with van der Waals surface area (Å²) in [7, 11) is -3.53. The van der Waals surface area contributed by atoms with E-state index < -0.39 is 9.84 Å². The van der Waals surface area contributed by atoms with E-state index in [4.69, 9.17) is 9.72 Å². The number of hydrogen-bond donors (Lipinski definition) is 0. The van der Waals surface area contributed by atoms with Crippen molar-refractivity contribution < 1.29 is 13.2 Å². The number of aromatic nitrogens is 4. The first-order chi connectivity index (χ1) is 15.5. The van der Waals surface area contributed by atoms with Crippen molar-refractivity contribution in [3.05, 3.63) is 48.1 Å². The van der Waals surface area contributed by atoms with Crippen LogP contribution in [-0.2, 0) is 9.84 Å². The summed E-state index contributed by atoms with van der Waals surface area (Å²) < 4.78 is 31.9. The van der Waals surface area contributed by atoms with Gasteiger partial charge in [0.25, 0.3) is 0 Å². The van der Waals surface area contributed by atoms with Gasteiger partial charge in [0.15, 0.2) is 4.96 Å². The maximum absolute atomic E-state index is 12.0. The van der Waals surface area contributed by atoms with Crippen molar-refractivity contribution in [3.63, 3.8) is 0 Å². The van der Waals surface area contributed by atoms with Gasteiger partial charge in [0.05, 0.1) is 11.4 Å². The van der Waals surface area contributed by atoms with Crippen LogP contribution in [0.2, 0.25) is 0 Å². The maximum atomic E-state index is 12.0. The highest BCUT2D eigenvalue weighted by Crippen LogP contribution is 2.34. The molecule has 1 aliphatic heterocycles. The fraction of sp³-hybridized carbons (Fsp3) is 0.318. The summed E-state index contributed by atoms with van der Waals surface area (Å²) in [5, 5.41) is 1.73. The molecule has 0 unspecified atom stereocenters. The Bertz CT molecular complexity index is 1360. The maximum Gasteiger partial charge on any atom is 0.247 e. The van der Waals surface area contributed by atoms with Crippen molar-refractivity contribution >= 4 is 26.1 Å². The van der Waals surface area contributed by atoms with Crippen LogP contribution in [0.25, 0.3) is 27.6 Å². The molecule has 5 rings (SSSR count). The zero-order valence-electron chi connectivity index (χ0n) is 17.6. The first kappa shape index (κ1) is 21.0. The highest BCUT2D eigenvalue weighted by molar-refractivity contribution is 7.90. The van der Waals surface area contributed by atoms with Crippen LogP contribution in [0, 0.1) is 0 Å². The van der Waals surface area contributed by atoms with Crippen LogP contribution >= 0.6 is 11.3 Å². The number of sulfone groups is 1. The van der Waals surface area contributed by atoms with Gasteiger partial charge >= 0.3 is 0 Å². The molecule has 10 heteroatoms. The minimum absolute atomic E-state index is 0.204. The number of fused-ring (bicyclic) bond motifs is 1. The van der Waals surface area contributed by atoms with E-state index in [-0.39, 0.29) is 5.16 Å². The predicted octanol–water partition coefficient (Wildman–Crippen LogP) is 3.40. The quantitative estimate of drug-likeness (QED) is 0.383. The van der Waals surface area contributed by atoms with Gasteiger partial charge in [-0.25, -0.2) is 23.4 Å². The summed E-state index contributed by atoms with van der Waals surface area (Å²) in [6, 6.07) is 9.54. The molecule has 166 valence electrons. The largest absolute Gasteiger partial charge is 0.492 e. The molecule has 1 fully saturated rings. The molecule has 3 aromatic heterocycles. The number of rotatable bonds is 7. The molecule has 0 amide bonds. The lowest BCUT2D eigenvalue weighted by Gasteiger charge is -2.15. The van der Waals surface area contributed by atoms with Gasteiger partial charge in [0.2, 0.25) is 15.0 Å². The molecular weight excluding hydrogens is 446 g/mol. The Hall–Kier alpha value is -2.82. The van der Waals surface area contributed by atoms with Crippen LogP contribution in [0.1, 0.15) is 12.8 Å². The van der Waals surface area contributed by atoms with E-state index in [9.17, 15) is 8.42 Å². The number of thiazole rings is 1. The van der Waals surface area contributed by atoms with Gasteiger partial charge in [-0.2, -0.15) is 0 Å². The smallest absolute Gasteiger partial charge is 0.247 e. The first-order valence-corrected chi connectivity index (χ1v) is 13.2. The second-order valence-electron chi connectivity index (χ2n) is 7.79. The predicted molar refractivity (Wildman–Crippen MR) is 124 cm³/mol. The monoisotopic (exact) mass is 469 g/mol. The number of imidazole rings is 1. The minimum Gasteiger partial charge on any atom is -0.492 e. The zero-order valence-corrected chi connectivity index (χ0v) is 19.3. The molecule has 4 aromatic rings. The third kappa shape index (κ3) is 4.25. The molecule has 0 radical (unpaired) electrons. The summed E-state index contributed by atoms with van der Waals surface area (Å²) in [6.07, 6.45) is 7.00. The molecule has 0 saturated carbocycles. The summed E-state index contributed by atoms with van der Waals surface area (Å²) in [6.45, 7) is 3.85. The number of likely N-dealkylation sites (tertiary alicyclic amines) is 1. The van der Waals surface area contributed by atoms with Crippen LogP contribution in [0.15, 0.2) is 53.3 Å². The van der Waals surface area contributed by atoms with Crippen molar-refractivity contribution in [1.82, 2.24) is 24.3 Å². The van der Waals surface area contributed by atoms with Gasteiger partial charge < -0.3 is 4.74 Å². The summed E-state index contributed by atoms with van der Waals surface area (Å²) in [4.78, 5) is 16.3. The molecule has 0 bridgehead atoms. The van der Waals surface area contributed by atoms with Crippen LogP contribution in [0.4, 0.5) is 0 Å². The van der Waals surface area contributed by atoms with Gasteiger partial charge in [-0.05, 0) is 44.1 Å². The van der Waals surface area contributed by atoms with E-state index in [2.05, 4.69) is 14.9 Å². The third-order valence-electron chi connectivity index (χ3n) is 5.45. The van der Waals surface area contributed by atoms with E-state index in [1.807, 2.05) is 40.2 Å². The minimum atomic E-state index is -3.53. The van der Waals surface area contributed by atoms with Gasteiger partial charge in [-0.1, -0.05) is 12.1 Å². The summed E-state index contributed by atoms with van der Waals surface area (Å²) >= 11 is 1.51. The normalized spacial score (nSPS) is 14.9. The van der Waals surface area contributed by atoms with Crippen LogP contribution < -0.4 is 4.74 Å². The van der Waals surface area contributed by atoms with Crippen LogP contribution in [0.3, 0.4) is 0 Å². The van der Waals surface area contributed by atoms with Gasteiger partial charge in [-0.15, -0.1) is 11.3 Å². The standard InChI is InChI=1S/C22H23N5O3S2/c1-32(28,29)21-23-8-7-18(24-21)20-19(25-22-27(20)12-14-31-22)16-5-4-6-17(15-16)30-13-11-26-9-2-3-10-26/h4-8,12,14-15H,2-3,9-11,13H2,1H3. The average Bonchev–Trinajstić information content (AvgIpc) is 3.51. The number of benzene rings is 1. The molecule has 1 aliphatic rings. The topological polar surface area (TPSA) is 89.7 Å². The number of nitrogens with zero attached hydrogens (tertiary/aromatic N) is 5. The molecular formula is C22H23N5O3S2. The Labute approximate surface area is 190 Å². The lowest BCUT2D eigenvalue weighted by atomic mass is 10.1. The second-order valence-corrected chi connectivity index (χ2v) is 10.6. The van der Waals surface area contributed by atoms with E-state index in [0.29, 0.717) is 12.3 Å². The van der Waals surface area contributed by atoms with E-state index in [0.717, 1.165) is 53.6 Å². The molecule has 0 aliphatic carbocycles. The highest BCUT2D eigenvalue weighted by Gasteiger charge is 2.21. The van der Waals surface area contributed by atoms with Crippen molar-refractivity contribution in [1.29, 1.82) is 0 Å². The molecule has 1 saturated heterocycles. The van der Waals surface area contributed by atoms with E-state index >= 15 is 0 Å². The van der Waals surface area contributed by atoms with Crippen LogP contribution in [0.5, 0.6) is 5.75 Å². The van der Waals surface area contributed by atoms with Crippen molar-refractivity contribution in [2.45, 2.75) is 18.0 Å². The first-order valence-electron chi connectivity index (χ1n) is 10.4. The number of hydrogen-bond acceptors (Lipinski definition) is 8. The van der Waals surface area contributed by atoms with Crippen LogP contribution in [-0.4, -0.2) is 65.2 Å². The van der Waals surface area contributed by atoms with Gasteiger partial charge in [-0.3, -0.25) is 9.30 Å². The van der Waals surface area contributed by atoms with Gasteiger partial charge in [0.1, 0.15) is 18.1 Å². The lowest BCUT2D eigenvalue weighted by Crippen LogP contribution is -2.25. The van der Waals surface area contributed by atoms with Crippen molar-refractivity contribution in [2.75, 3.05) is 32.5 Å². The summed E-state index contributed by atoms with van der Waals surface area (Å²) in [5.74, 6) is 0.781. The molecule has 1 aromatic carbocycles. The Kier molecular flexibility index (Phi) is 5.66. The highest BCUT2D eigenvalue weighted by atomic mass is 32.2. The van der Waals surface area contributed by atoms with Crippen molar-refractivity contribution in [3.8, 4) is 28.4 Å². The number of ether oxygens (including phenoxy) is 1. The Balaban J connectivity index is 1.50. The Morgan fingerprint density at radius 3 is 2.81 bits per heavy atom. The molecule has 32 heavy (non-hydrogen) atoms. The molecule has 8 nitrogen and oxygen atoms in total. The molecule has 0 atom stereocenters. The Morgan fingerprint density at radius 1 is 1.16 bits per heavy atom. The van der Waals surface area contributed by atoms with E-state index in [1.165, 1.54) is 30.4 Å². The van der Waals surface area contributed by atoms with Gasteiger partial charge in [0, 0.05) is 36.1 Å². The molecule has 4 heterocycles. The fourth-order valence-corrected chi connectivity index (χ4v) is 5.15. The SMILES string of the molecule is CS(=O)(=O)c1nccc(-c2c(-c3cccc(OCCN4CCCC4)c3)nc3sccn23)n1. The molecule has 0 spiro atoms. The third-order valence-corrected chi connectivity index (χ3v) is 7.07. The average molecular weight is 470 g/mol. The molecule has 0 N–H and O–H groups in total. The lowest BCUT2D eigenvalue weighted by molar-refractivity contribution is 0.238.